The van der Waals surface area contributed by atoms with Crippen LogP contribution < -0.4 is 10.2 Å². The molecule has 0 fully saturated rings. The van der Waals surface area contributed by atoms with Gasteiger partial charge < -0.3 is 10.2 Å². The number of rotatable bonds is 6. The maximum absolute atomic E-state index is 14.0. The molecule has 0 aromatic heterocycles. The summed E-state index contributed by atoms with van der Waals surface area (Å²) in [5, 5.41) is 3.25. The number of benzene rings is 1. The Bertz CT molecular complexity index is 423. The molecule has 0 aliphatic carbocycles. The number of hydrogen-bond donors (Lipinski definition) is 1. The van der Waals surface area contributed by atoms with Crippen molar-refractivity contribution in [1.82, 2.24) is 5.32 Å². The van der Waals surface area contributed by atoms with Crippen LogP contribution in [0.4, 0.5) is 10.1 Å². The minimum atomic E-state index is -0.184. The number of nitrogens with one attached hydrogen (secondary N) is 1. The van der Waals surface area contributed by atoms with Crippen LogP contribution in [0.15, 0.2) is 18.2 Å². The molecule has 0 bridgehead atoms. The van der Waals surface area contributed by atoms with Crippen molar-refractivity contribution >= 4 is 5.69 Å². The van der Waals surface area contributed by atoms with Crippen LogP contribution in [0.3, 0.4) is 0 Å². The van der Waals surface area contributed by atoms with Crippen LogP contribution in [0, 0.1) is 18.2 Å². The van der Waals surface area contributed by atoms with Crippen molar-refractivity contribution in [3.8, 4) is 12.3 Å². The van der Waals surface area contributed by atoms with Crippen LogP contribution in [-0.4, -0.2) is 19.6 Å². The molecule has 0 radical (unpaired) electrons. The maximum Gasteiger partial charge on any atom is 0.130 e. The smallest absolute Gasteiger partial charge is 0.130 e. The van der Waals surface area contributed by atoms with Crippen LogP contribution in [0.5, 0.6) is 0 Å². The van der Waals surface area contributed by atoms with Crippen molar-refractivity contribution < 1.29 is 4.39 Å². The van der Waals surface area contributed by atoms with E-state index in [2.05, 4.69) is 11.2 Å². The summed E-state index contributed by atoms with van der Waals surface area (Å²) in [4.78, 5) is 2.01. The Kier molecular flexibility index (Phi) is 5.67. The van der Waals surface area contributed by atoms with Gasteiger partial charge in [0.1, 0.15) is 5.82 Å². The summed E-state index contributed by atoms with van der Waals surface area (Å²) in [6.07, 6.45) is 5.36. The fourth-order valence-electron chi connectivity index (χ4n) is 2.12. The molecule has 0 aliphatic rings. The third-order valence-corrected chi connectivity index (χ3v) is 2.98. The van der Waals surface area contributed by atoms with Gasteiger partial charge in [-0.05, 0) is 32.5 Å². The van der Waals surface area contributed by atoms with Crippen LogP contribution in [0.1, 0.15) is 32.4 Å². The predicted molar refractivity (Wildman–Crippen MR) is 75.2 cm³/mol. The van der Waals surface area contributed by atoms with Crippen molar-refractivity contribution in [3.63, 3.8) is 0 Å². The van der Waals surface area contributed by atoms with Crippen LogP contribution in [-0.2, 0) is 0 Å². The molecular weight excluding hydrogens is 227 g/mol. The third kappa shape index (κ3) is 3.24. The largest absolute Gasteiger partial charge is 0.360 e. The molecule has 0 saturated heterocycles. The first-order chi connectivity index (χ1) is 8.65. The summed E-state index contributed by atoms with van der Waals surface area (Å²) < 4.78 is 14.0. The van der Waals surface area contributed by atoms with E-state index >= 15 is 0 Å². The lowest BCUT2D eigenvalue weighted by Gasteiger charge is -2.26. The van der Waals surface area contributed by atoms with Crippen molar-refractivity contribution in [1.29, 1.82) is 0 Å². The number of anilines is 1. The molecule has 1 unspecified atom stereocenters. The number of terminal acetylenes is 1. The third-order valence-electron chi connectivity index (χ3n) is 2.98. The van der Waals surface area contributed by atoms with Crippen LogP contribution in [0.2, 0.25) is 0 Å². The number of nitrogens with zero attached hydrogens (tertiary/aromatic N) is 1. The van der Waals surface area contributed by atoms with Gasteiger partial charge in [-0.3, -0.25) is 0 Å². The molecule has 2 nitrogen and oxygen atoms in total. The Morgan fingerprint density at radius 2 is 2.17 bits per heavy atom. The zero-order valence-electron chi connectivity index (χ0n) is 11.3. The molecule has 0 saturated carbocycles. The molecular formula is C15H21FN2. The van der Waals surface area contributed by atoms with Gasteiger partial charge in [0.05, 0.1) is 6.54 Å². The SMILES string of the molecule is C#CCN(CC)c1cccc(F)c1C(C)NCC. The molecule has 1 aromatic carbocycles. The first kappa shape index (κ1) is 14.5. The summed E-state index contributed by atoms with van der Waals surface area (Å²) >= 11 is 0. The fraction of sp³-hybridized carbons (Fsp3) is 0.467. The van der Waals surface area contributed by atoms with E-state index in [-0.39, 0.29) is 11.9 Å². The molecule has 0 aliphatic heterocycles. The minimum Gasteiger partial charge on any atom is -0.360 e. The van der Waals surface area contributed by atoms with Gasteiger partial charge in [-0.1, -0.05) is 18.9 Å². The lowest BCUT2D eigenvalue weighted by molar-refractivity contribution is 0.540. The van der Waals surface area contributed by atoms with E-state index in [9.17, 15) is 4.39 Å². The molecule has 0 amide bonds. The second-order valence-corrected chi connectivity index (χ2v) is 4.17. The molecule has 1 N–H and O–H groups in total. The zero-order valence-corrected chi connectivity index (χ0v) is 11.3. The van der Waals surface area contributed by atoms with Crippen molar-refractivity contribution in [2.45, 2.75) is 26.8 Å². The van der Waals surface area contributed by atoms with Gasteiger partial charge in [-0.2, -0.15) is 0 Å². The lowest BCUT2D eigenvalue weighted by Crippen LogP contribution is -2.27. The highest BCUT2D eigenvalue weighted by Gasteiger charge is 2.17. The second-order valence-electron chi connectivity index (χ2n) is 4.17. The maximum atomic E-state index is 14.0. The average Bonchev–Trinajstić information content (AvgIpc) is 2.35. The second kappa shape index (κ2) is 7.03. The first-order valence-corrected chi connectivity index (χ1v) is 6.35. The summed E-state index contributed by atoms with van der Waals surface area (Å²) in [6, 6.07) is 5.12. The Hall–Kier alpha value is -1.53. The highest BCUT2D eigenvalue weighted by molar-refractivity contribution is 5.56. The predicted octanol–water partition coefficient (Wildman–Crippen LogP) is 2.96. The minimum absolute atomic E-state index is 0.0296. The number of hydrogen-bond acceptors (Lipinski definition) is 2. The topological polar surface area (TPSA) is 15.3 Å². The fourth-order valence-corrected chi connectivity index (χ4v) is 2.12. The van der Waals surface area contributed by atoms with Gasteiger partial charge in [0, 0.05) is 23.8 Å². The van der Waals surface area contributed by atoms with Crippen molar-refractivity contribution in [2.75, 3.05) is 24.5 Å². The summed E-state index contributed by atoms with van der Waals surface area (Å²) in [5.74, 6) is 2.43. The Morgan fingerprint density at radius 3 is 2.72 bits per heavy atom. The molecule has 0 spiro atoms. The van der Waals surface area contributed by atoms with Crippen LogP contribution >= 0.6 is 0 Å². The Morgan fingerprint density at radius 1 is 1.44 bits per heavy atom. The molecule has 1 rings (SSSR count). The van der Waals surface area contributed by atoms with Gasteiger partial charge in [0.25, 0.3) is 0 Å². The van der Waals surface area contributed by atoms with E-state index in [1.54, 1.807) is 6.07 Å². The van der Waals surface area contributed by atoms with Gasteiger partial charge in [0.15, 0.2) is 0 Å². The Balaban J connectivity index is 3.18. The molecule has 0 heterocycles. The average molecular weight is 248 g/mol. The van der Waals surface area contributed by atoms with Gasteiger partial charge >= 0.3 is 0 Å². The molecule has 1 aromatic rings. The Labute approximate surface area is 109 Å². The zero-order chi connectivity index (χ0) is 13.5. The van der Waals surface area contributed by atoms with Crippen LogP contribution in [0.25, 0.3) is 0 Å². The lowest BCUT2D eigenvalue weighted by atomic mass is 10.0. The van der Waals surface area contributed by atoms with Gasteiger partial charge in [-0.15, -0.1) is 6.42 Å². The monoisotopic (exact) mass is 248 g/mol. The molecule has 3 heteroatoms. The van der Waals surface area contributed by atoms with E-state index in [1.807, 2.05) is 31.7 Å². The van der Waals surface area contributed by atoms with E-state index < -0.39 is 0 Å². The molecule has 18 heavy (non-hydrogen) atoms. The number of halogens is 1. The summed E-state index contributed by atoms with van der Waals surface area (Å²) in [7, 11) is 0. The summed E-state index contributed by atoms with van der Waals surface area (Å²) in [6.45, 7) is 8.05. The highest BCUT2D eigenvalue weighted by atomic mass is 19.1. The normalized spacial score (nSPS) is 11.9. The van der Waals surface area contributed by atoms with E-state index in [1.165, 1.54) is 6.07 Å². The first-order valence-electron chi connectivity index (χ1n) is 6.35. The molecule has 1 atom stereocenters. The molecule has 98 valence electrons. The van der Waals surface area contributed by atoms with Gasteiger partial charge in [-0.25, -0.2) is 4.39 Å². The van der Waals surface area contributed by atoms with E-state index in [0.29, 0.717) is 12.1 Å². The highest BCUT2D eigenvalue weighted by Crippen LogP contribution is 2.28. The quantitative estimate of drug-likeness (QED) is 0.779. The van der Waals surface area contributed by atoms with Gasteiger partial charge in [0.2, 0.25) is 0 Å². The van der Waals surface area contributed by atoms with Crippen molar-refractivity contribution in [2.24, 2.45) is 0 Å². The standard InChI is InChI=1S/C15H21FN2/c1-5-11-18(7-3)14-10-8-9-13(16)15(14)12(4)17-6-2/h1,8-10,12,17H,6-7,11H2,2-4H3. The van der Waals surface area contributed by atoms with E-state index in [4.69, 9.17) is 6.42 Å². The summed E-state index contributed by atoms with van der Waals surface area (Å²) in [5.41, 5.74) is 1.57. The van der Waals surface area contributed by atoms with E-state index in [0.717, 1.165) is 18.8 Å². The van der Waals surface area contributed by atoms with Crippen molar-refractivity contribution in [3.05, 3.63) is 29.6 Å².